The lowest BCUT2D eigenvalue weighted by molar-refractivity contribution is 0.0891. The van der Waals surface area contributed by atoms with Gasteiger partial charge in [-0.05, 0) is 75.9 Å². The van der Waals surface area contributed by atoms with E-state index in [1.165, 1.54) is 45.2 Å². The van der Waals surface area contributed by atoms with Gasteiger partial charge in [-0.2, -0.15) is 0 Å². The van der Waals surface area contributed by atoms with E-state index in [9.17, 15) is 4.79 Å². The largest absolute Gasteiger partial charge is 0.491 e. The first-order valence-corrected chi connectivity index (χ1v) is 10.6. The summed E-state index contributed by atoms with van der Waals surface area (Å²) >= 11 is 0. The molecule has 1 N–H and O–H groups in total. The van der Waals surface area contributed by atoms with Gasteiger partial charge in [0.15, 0.2) is 0 Å². The van der Waals surface area contributed by atoms with E-state index in [-0.39, 0.29) is 5.91 Å². The van der Waals surface area contributed by atoms with Gasteiger partial charge in [-0.3, -0.25) is 4.79 Å². The molecule has 3 rings (SSSR count). The number of hydrogen-bond acceptors (Lipinski definition) is 4. The van der Waals surface area contributed by atoms with Crippen molar-refractivity contribution >= 4 is 5.91 Å². The first-order chi connectivity index (χ1) is 13.3. The molecule has 0 radical (unpaired) electrons. The predicted octanol–water partition coefficient (Wildman–Crippen LogP) is 3.49. The molecule has 1 saturated heterocycles. The van der Waals surface area contributed by atoms with Crippen molar-refractivity contribution in [2.45, 2.75) is 51.5 Å². The van der Waals surface area contributed by atoms with E-state index in [0.717, 1.165) is 18.7 Å². The molecule has 0 spiro atoms. The van der Waals surface area contributed by atoms with Gasteiger partial charge in [0, 0.05) is 24.8 Å². The van der Waals surface area contributed by atoms with Gasteiger partial charge in [0.2, 0.25) is 0 Å². The van der Waals surface area contributed by atoms with Crippen LogP contribution in [0.1, 0.15) is 55.8 Å². The molecule has 2 fully saturated rings. The van der Waals surface area contributed by atoms with E-state index in [4.69, 9.17) is 9.47 Å². The van der Waals surface area contributed by atoms with Gasteiger partial charge in [0.05, 0.1) is 6.61 Å². The van der Waals surface area contributed by atoms with E-state index < -0.39 is 0 Å². The average molecular weight is 375 g/mol. The SMILES string of the molecule is CCOCCOc1ccc(C(=O)NC2CCCCC2CN2CCCC2)cc1. The van der Waals surface area contributed by atoms with E-state index in [2.05, 4.69) is 10.2 Å². The Morgan fingerprint density at radius 1 is 1.07 bits per heavy atom. The van der Waals surface area contributed by atoms with Crippen molar-refractivity contribution in [3.05, 3.63) is 29.8 Å². The van der Waals surface area contributed by atoms with Crippen molar-refractivity contribution in [2.75, 3.05) is 39.5 Å². The summed E-state index contributed by atoms with van der Waals surface area (Å²) in [7, 11) is 0. The number of carbonyl (C=O) groups is 1. The van der Waals surface area contributed by atoms with Crippen LogP contribution in [0.15, 0.2) is 24.3 Å². The lowest BCUT2D eigenvalue weighted by atomic mass is 9.84. The average Bonchev–Trinajstić information content (AvgIpc) is 3.20. The molecule has 2 unspecified atom stereocenters. The van der Waals surface area contributed by atoms with Crippen LogP contribution in [0.4, 0.5) is 0 Å². The molecule has 5 nitrogen and oxygen atoms in total. The van der Waals surface area contributed by atoms with Crippen molar-refractivity contribution in [1.29, 1.82) is 0 Å². The van der Waals surface area contributed by atoms with Crippen molar-refractivity contribution in [1.82, 2.24) is 10.2 Å². The van der Waals surface area contributed by atoms with E-state index in [1.807, 2.05) is 31.2 Å². The number of benzene rings is 1. The molecule has 1 saturated carbocycles. The molecule has 1 aliphatic carbocycles. The summed E-state index contributed by atoms with van der Waals surface area (Å²) in [6.45, 7) is 7.36. The van der Waals surface area contributed by atoms with Crippen LogP contribution in [-0.4, -0.2) is 56.3 Å². The molecule has 1 aliphatic heterocycles. The maximum Gasteiger partial charge on any atom is 0.251 e. The van der Waals surface area contributed by atoms with Gasteiger partial charge < -0.3 is 19.7 Å². The van der Waals surface area contributed by atoms with Gasteiger partial charge in [0.1, 0.15) is 12.4 Å². The van der Waals surface area contributed by atoms with Crippen LogP contribution in [0.25, 0.3) is 0 Å². The number of nitrogens with zero attached hydrogens (tertiary/aromatic N) is 1. The number of hydrogen-bond donors (Lipinski definition) is 1. The third kappa shape index (κ3) is 6.22. The number of carbonyl (C=O) groups excluding carboxylic acids is 1. The fourth-order valence-corrected chi connectivity index (χ4v) is 4.23. The maximum absolute atomic E-state index is 12.7. The molecule has 1 aromatic carbocycles. The van der Waals surface area contributed by atoms with Crippen LogP contribution in [0.5, 0.6) is 5.75 Å². The Balaban J connectivity index is 1.50. The zero-order valence-corrected chi connectivity index (χ0v) is 16.6. The Morgan fingerprint density at radius 3 is 2.56 bits per heavy atom. The number of likely N-dealkylation sites (tertiary alicyclic amines) is 1. The molecule has 150 valence electrons. The topological polar surface area (TPSA) is 50.8 Å². The summed E-state index contributed by atoms with van der Waals surface area (Å²) < 4.78 is 10.9. The van der Waals surface area contributed by atoms with Gasteiger partial charge in [0.25, 0.3) is 5.91 Å². The normalized spacial score (nSPS) is 23.3. The van der Waals surface area contributed by atoms with Crippen molar-refractivity contribution in [3.63, 3.8) is 0 Å². The highest BCUT2D eigenvalue weighted by molar-refractivity contribution is 5.94. The Kier molecular flexibility index (Phi) is 7.96. The van der Waals surface area contributed by atoms with Crippen LogP contribution in [-0.2, 0) is 4.74 Å². The highest BCUT2D eigenvalue weighted by Gasteiger charge is 2.29. The minimum Gasteiger partial charge on any atom is -0.491 e. The Morgan fingerprint density at radius 2 is 1.81 bits per heavy atom. The molecule has 2 aliphatic rings. The molecule has 1 aromatic rings. The van der Waals surface area contributed by atoms with Crippen LogP contribution < -0.4 is 10.1 Å². The third-order valence-corrected chi connectivity index (χ3v) is 5.73. The standard InChI is InChI=1S/C22H34N2O3/c1-2-26-15-16-27-20-11-9-18(10-12-20)22(25)23-21-8-4-3-7-19(21)17-24-13-5-6-14-24/h9-12,19,21H,2-8,13-17H2,1H3,(H,23,25). The number of nitrogens with one attached hydrogen (secondary N) is 1. The second-order valence-electron chi connectivity index (χ2n) is 7.70. The smallest absolute Gasteiger partial charge is 0.251 e. The minimum atomic E-state index is 0.0363. The maximum atomic E-state index is 12.7. The van der Waals surface area contributed by atoms with Gasteiger partial charge in [-0.25, -0.2) is 0 Å². The quantitative estimate of drug-likeness (QED) is 0.672. The fourth-order valence-electron chi connectivity index (χ4n) is 4.23. The monoisotopic (exact) mass is 374 g/mol. The molecule has 0 aromatic heterocycles. The second kappa shape index (κ2) is 10.7. The molecule has 1 amide bonds. The first-order valence-electron chi connectivity index (χ1n) is 10.6. The summed E-state index contributed by atoms with van der Waals surface area (Å²) in [6.07, 6.45) is 7.48. The molecule has 0 bridgehead atoms. The van der Waals surface area contributed by atoms with Gasteiger partial charge >= 0.3 is 0 Å². The van der Waals surface area contributed by atoms with Crippen LogP contribution in [0, 0.1) is 5.92 Å². The van der Waals surface area contributed by atoms with E-state index in [0.29, 0.717) is 37.3 Å². The minimum absolute atomic E-state index is 0.0363. The van der Waals surface area contributed by atoms with Gasteiger partial charge in [-0.1, -0.05) is 12.8 Å². The lowest BCUT2D eigenvalue weighted by Gasteiger charge is -2.34. The summed E-state index contributed by atoms with van der Waals surface area (Å²) in [6, 6.07) is 7.73. The Labute approximate surface area is 163 Å². The van der Waals surface area contributed by atoms with Crippen molar-refractivity contribution in [3.8, 4) is 5.75 Å². The first kappa shape index (κ1) is 20.2. The van der Waals surface area contributed by atoms with Crippen LogP contribution in [0.3, 0.4) is 0 Å². The highest BCUT2D eigenvalue weighted by Crippen LogP contribution is 2.27. The molecule has 1 heterocycles. The van der Waals surface area contributed by atoms with Gasteiger partial charge in [-0.15, -0.1) is 0 Å². The fraction of sp³-hybridized carbons (Fsp3) is 0.682. The Hall–Kier alpha value is -1.59. The number of rotatable bonds is 9. The summed E-state index contributed by atoms with van der Waals surface area (Å²) in [5.74, 6) is 1.40. The zero-order chi connectivity index (χ0) is 18.9. The number of ether oxygens (including phenoxy) is 2. The highest BCUT2D eigenvalue weighted by atomic mass is 16.5. The summed E-state index contributed by atoms with van der Waals surface area (Å²) in [5, 5.41) is 3.31. The van der Waals surface area contributed by atoms with Crippen LogP contribution in [0.2, 0.25) is 0 Å². The summed E-state index contributed by atoms with van der Waals surface area (Å²) in [5.41, 5.74) is 0.706. The second-order valence-corrected chi connectivity index (χ2v) is 7.70. The lowest BCUT2D eigenvalue weighted by Crippen LogP contribution is -2.46. The molecule has 5 heteroatoms. The molecular formula is C22H34N2O3. The summed E-state index contributed by atoms with van der Waals surface area (Å²) in [4.78, 5) is 15.3. The van der Waals surface area contributed by atoms with Crippen molar-refractivity contribution < 1.29 is 14.3 Å². The molecule has 27 heavy (non-hydrogen) atoms. The predicted molar refractivity (Wildman–Crippen MR) is 107 cm³/mol. The van der Waals surface area contributed by atoms with E-state index in [1.54, 1.807) is 0 Å². The van der Waals surface area contributed by atoms with Crippen molar-refractivity contribution in [2.24, 2.45) is 5.92 Å². The van der Waals surface area contributed by atoms with Crippen LogP contribution >= 0.6 is 0 Å². The van der Waals surface area contributed by atoms with E-state index >= 15 is 0 Å². The molecule has 2 atom stereocenters. The number of amides is 1. The Bertz CT molecular complexity index is 569. The third-order valence-electron chi connectivity index (χ3n) is 5.73. The molecular weight excluding hydrogens is 340 g/mol. The zero-order valence-electron chi connectivity index (χ0n) is 16.6.